The van der Waals surface area contributed by atoms with Crippen molar-refractivity contribution in [3.05, 3.63) is 74.0 Å². The molecule has 1 N–H and O–H groups in total. The van der Waals surface area contributed by atoms with Crippen LogP contribution in [0.5, 0.6) is 0 Å². The van der Waals surface area contributed by atoms with E-state index in [1.54, 1.807) is 0 Å². The van der Waals surface area contributed by atoms with Crippen LogP contribution >= 0.6 is 34.4 Å². The van der Waals surface area contributed by atoms with Gasteiger partial charge in [-0.3, -0.25) is 4.79 Å². The minimum absolute atomic E-state index is 0.0975. The lowest BCUT2D eigenvalue weighted by atomic mass is 10.1. The highest BCUT2D eigenvalue weighted by molar-refractivity contribution is 14.1. The van der Waals surface area contributed by atoms with Gasteiger partial charge in [-0.2, -0.15) is 16.9 Å². The number of amides is 1. The summed E-state index contributed by atoms with van der Waals surface area (Å²) in [7, 11) is 0. The fourth-order valence-electron chi connectivity index (χ4n) is 3.01. The first-order chi connectivity index (χ1) is 12.5. The molecule has 0 bridgehead atoms. The second-order valence-electron chi connectivity index (χ2n) is 6.38. The number of carbonyl (C=O) groups excluding carboxylic acids is 1. The monoisotopic (exact) mass is 475 g/mol. The summed E-state index contributed by atoms with van der Waals surface area (Å²) in [4.78, 5) is 12.9. The zero-order valence-corrected chi connectivity index (χ0v) is 17.5. The minimum Gasteiger partial charge on any atom is -0.306 e. The van der Waals surface area contributed by atoms with Crippen LogP contribution in [0, 0.1) is 17.4 Å². The fourth-order valence-corrected chi connectivity index (χ4v) is 4.67. The van der Waals surface area contributed by atoms with Crippen LogP contribution in [0.25, 0.3) is 5.69 Å². The van der Waals surface area contributed by atoms with Gasteiger partial charge in [0.15, 0.2) is 0 Å². The molecule has 2 heterocycles. The predicted molar refractivity (Wildman–Crippen MR) is 115 cm³/mol. The summed E-state index contributed by atoms with van der Waals surface area (Å²) in [5.74, 6) is 2.46. The number of anilines is 1. The zero-order valence-electron chi connectivity index (χ0n) is 14.5. The summed E-state index contributed by atoms with van der Waals surface area (Å²) in [5.41, 5.74) is 6.31. The average Bonchev–Trinajstić information content (AvgIpc) is 3.20. The van der Waals surface area contributed by atoms with Gasteiger partial charge in [-0.05, 0) is 71.8 Å². The summed E-state index contributed by atoms with van der Waals surface area (Å²) in [5, 5.41) is 7.90. The van der Waals surface area contributed by atoms with Crippen LogP contribution in [0.2, 0.25) is 0 Å². The first-order valence-electron chi connectivity index (χ1n) is 8.36. The van der Waals surface area contributed by atoms with Crippen LogP contribution in [-0.4, -0.2) is 15.7 Å². The molecule has 26 heavy (non-hydrogen) atoms. The lowest BCUT2D eigenvalue weighted by Crippen LogP contribution is -2.17. The number of hydrogen-bond acceptors (Lipinski definition) is 3. The van der Waals surface area contributed by atoms with E-state index in [4.69, 9.17) is 5.10 Å². The van der Waals surface area contributed by atoms with Crippen LogP contribution in [0.3, 0.4) is 0 Å². The Morgan fingerprint density at radius 1 is 1.15 bits per heavy atom. The Balaban J connectivity index is 1.77. The Morgan fingerprint density at radius 2 is 1.96 bits per heavy atom. The van der Waals surface area contributed by atoms with Gasteiger partial charge in [0.05, 0.1) is 16.9 Å². The summed E-state index contributed by atoms with van der Waals surface area (Å²) in [6, 6.07) is 13.9. The van der Waals surface area contributed by atoms with E-state index in [1.165, 1.54) is 11.1 Å². The largest absolute Gasteiger partial charge is 0.306 e. The lowest BCUT2D eigenvalue weighted by molar-refractivity contribution is 0.102. The Kier molecular flexibility index (Phi) is 4.79. The van der Waals surface area contributed by atoms with E-state index in [2.05, 4.69) is 60.0 Å². The van der Waals surface area contributed by atoms with Crippen molar-refractivity contribution < 1.29 is 4.79 Å². The maximum Gasteiger partial charge on any atom is 0.257 e. The molecule has 1 amide bonds. The Bertz CT molecular complexity index is 1010. The number of halogens is 1. The van der Waals surface area contributed by atoms with Crippen molar-refractivity contribution in [2.24, 2.45) is 0 Å². The number of nitrogens with zero attached hydrogens (tertiary/aromatic N) is 2. The number of rotatable bonds is 3. The molecule has 0 unspecified atom stereocenters. The Labute approximate surface area is 170 Å². The maximum absolute atomic E-state index is 12.9. The molecule has 0 saturated heterocycles. The predicted octanol–water partition coefficient (Wildman–Crippen LogP) is 5.09. The van der Waals surface area contributed by atoms with Crippen LogP contribution in [0.15, 0.2) is 42.5 Å². The minimum atomic E-state index is -0.0975. The third-order valence-electron chi connectivity index (χ3n) is 4.64. The number of thioether (sulfide) groups is 1. The van der Waals surface area contributed by atoms with E-state index in [-0.39, 0.29) is 5.91 Å². The second kappa shape index (κ2) is 7.08. The van der Waals surface area contributed by atoms with E-state index in [0.717, 1.165) is 37.8 Å². The molecule has 2 aromatic carbocycles. The summed E-state index contributed by atoms with van der Waals surface area (Å²) in [6.45, 7) is 4.19. The van der Waals surface area contributed by atoms with Gasteiger partial charge in [0.25, 0.3) is 5.91 Å². The van der Waals surface area contributed by atoms with Gasteiger partial charge >= 0.3 is 0 Å². The molecular formula is C20H18IN3OS. The number of nitrogens with one attached hydrogen (secondary N) is 1. The quantitative estimate of drug-likeness (QED) is 0.537. The van der Waals surface area contributed by atoms with Crippen LogP contribution in [0.4, 0.5) is 5.82 Å². The van der Waals surface area contributed by atoms with E-state index < -0.39 is 0 Å². The summed E-state index contributed by atoms with van der Waals surface area (Å²) in [6.07, 6.45) is 0. The van der Waals surface area contributed by atoms with Crippen molar-refractivity contribution in [2.45, 2.75) is 25.4 Å². The highest BCUT2D eigenvalue weighted by atomic mass is 127. The van der Waals surface area contributed by atoms with Crippen molar-refractivity contribution >= 4 is 46.1 Å². The van der Waals surface area contributed by atoms with Gasteiger partial charge < -0.3 is 5.32 Å². The van der Waals surface area contributed by atoms with Crippen molar-refractivity contribution in [3.8, 4) is 5.69 Å². The molecule has 4 rings (SSSR count). The molecule has 0 saturated carbocycles. The molecule has 0 aliphatic carbocycles. The molecule has 0 atom stereocenters. The van der Waals surface area contributed by atoms with E-state index in [0.29, 0.717) is 5.56 Å². The maximum atomic E-state index is 12.9. The van der Waals surface area contributed by atoms with Gasteiger partial charge in [-0.1, -0.05) is 18.2 Å². The standard InChI is InChI=1S/C20H18IN3OS/c1-12-7-8-14(9-13(12)2)24-19(16-10-26-11-18(16)23-24)22-20(25)15-5-3-4-6-17(15)21/h3-9H,10-11H2,1-2H3,(H,22,25). The second-order valence-corrected chi connectivity index (χ2v) is 8.53. The summed E-state index contributed by atoms with van der Waals surface area (Å²) < 4.78 is 2.82. The topological polar surface area (TPSA) is 46.9 Å². The third-order valence-corrected chi connectivity index (χ3v) is 6.55. The fraction of sp³-hybridized carbons (Fsp3) is 0.200. The molecule has 0 radical (unpaired) electrons. The molecule has 4 nitrogen and oxygen atoms in total. The number of carbonyl (C=O) groups is 1. The Morgan fingerprint density at radius 3 is 2.73 bits per heavy atom. The first kappa shape index (κ1) is 17.6. The third kappa shape index (κ3) is 3.16. The van der Waals surface area contributed by atoms with Crippen molar-refractivity contribution in [1.82, 2.24) is 9.78 Å². The van der Waals surface area contributed by atoms with Gasteiger partial charge in [-0.15, -0.1) is 0 Å². The highest BCUT2D eigenvalue weighted by Crippen LogP contribution is 2.36. The molecule has 0 spiro atoms. The van der Waals surface area contributed by atoms with E-state index >= 15 is 0 Å². The van der Waals surface area contributed by atoms with Crippen LogP contribution in [-0.2, 0) is 11.5 Å². The SMILES string of the molecule is Cc1ccc(-n2nc3c(c2NC(=O)c2ccccc2I)CSC3)cc1C. The number of aryl methyl sites for hydroxylation is 2. The van der Waals surface area contributed by atoms with Crippen molar-refractivity contribution in [2.75, 3.05) is 5.32 Å². The number of hydrogen-bond donors (Lipinski definition) is 1. The Hall–Kier alpha value is -1.80. The molecule has 1 aliphatic heterocycles. The number of benzene rings is 2. The van der Waals surface area contributed by atoms with Crippen LogP contribution < -0.4 is 5.32 Å². The van der Waals surface area contributed by atoms with Crippen LogP contribution in [0.1, 0.15) is 32.7 Å². The van der Waals surface area contributed by atoms with E-state index in [1.807, 2.05) is 40.7 Å². The molecule has 132 valence electrons. The highest BCUT2D eigenvalue weighted by Gasteiger charge is 2.25. The molecular weight excluding hydrogens is 457 g/mol. The molecule has 6 heteroatoms. The zero-order chi connectivity index (χ0) is 18.3. The molecule has 0 fully saturated rings. The molecule has 1 aromatic heterocycles. The smallest absolute Gasteiger partial charge is 0.257 e. The van der Waals surface area contributed by atoms with Gasteiger partial charge in [0.2, 0.25) is 0 Å². The van der Waals surface area contributed by atoms with Crippen molar-refractivity contribution in [1.29, 1.82) is 0 Å². The summed E-state index contributed by atoms with van der Waals surface area (Å²) >= 11 is 4.03. The van der Waals surface area contributed by atoms with Crippen molar-refractivity contribution in [3.63, 3.8) is 0 Å². The number of aromatic nitrogens is 2. The lowest BCUT2D eigenvalue weighted by Gasteiger charge is -2.13. The molecule has 1 aliphatic rings. The first-order valence-corrected chi connectivity index (χ1v) is 10.6. The van der Waals surface area contributed by atoms with Gasteiger partial charge in [0, 0.05) is 20.6 Å². The number of fused-ring (bicyclic) bond motifs is 1. The normalized spacial score (nSPS) is 12.9. The van der Waals surface area contributed by atoms with E-state index in [9.17, 15) is 4.79 Å². The average molecular weight is 475 g/mol. The van der Waals surface area contributed by atoms with Gasteiger partial charge in [0.1, 0.15) is 5.82 Å². The van der Waals surface area contributed by atoms with Gasteiger partial charge in [-0.25, -0.2) is 4.68 Å². The molecule has 3 aromatic rings.